The fraction of sp³-hybridized carbons (Fsp3) is 0.333. The number of aromatic amines is 1. The molecule has 1 unspecified atom stereocenters. The first-order valence-corrected chi connectivity index (χ1v) is 15.9. The molecule has 2 fully saturated rings. The summed E-state index contributed by atoms with van der Waals surface area (Å²) in [5.74, 6) is -0.108. The number of imidazole rings is 1. The van der Waals surface area contributed by atoms with Crippen LogP contribution >= 0.6 is 34.5 Å². The van der Waals surface area contributed by atoms with Gasteiger partial charge in [-0.1, -0.05) is 29.8 Å². The van der Waals surface area contributed by atoms with Crippen molar-refractivity contribution in [1.82, 2.24) is 40.0 Å². The van der Waals surface area contributed by atoms with Crippen molar-refractivity contribution in [1.29, 1.82) is 0 Å². The molecule has 2 aliphatic heterocycles. The minimum Gasteiger partial charge on any atom is -0.460 e. The zero-order valence-electron chi connectivity index (χ0n) is 24.4. The second kappa shape index (κ2) is 13.6. The highest BCUT2D eigenvalue weighted by Gasteiger charge is 2.35. The number of benzene rings is 1. The number of carbonyl (C=O) groups is 2. The predicted octanol–water partition coefficient (Wildman–Crippen LogP) is 5.19. The van der Waals surface area contributed by atoms with Gasteiger partial charge in [0, 0.05) is 42.0 Å². The topological polar surface area (TPSA) is 131 Å². The van der Waals surface area contributed by atoms with Crippen LogP contribution in [0.4, 0.5) is 0 Å². The maximum absolute atomic E-state index is 13.7. The molecule has 1 N–H and O–H groups in total. The van der Waals surface area contributed by atoms with Gasteiger partial charge in [0.25, 0.3) is 5.91 Å². The van der Waals surface area contributed by atoms with Gasteiger partial charge in [-0.25, -0.2) is 9.78 Å². The summed E-state index contributed by atoms with van der Waals surface area (Å²) in [5, 5.41) is 12.2. The van der Waals surface area contributed by atoms with Crippen molar-refractivity contribution >= 4 is 52.0 Å². The molecule has 1 amide bonds. The molecule has 0 radical (unpaired) electrons. The monoisotopic (exact) mass is 668 g/mol. The van der Waals surface area contributed by atoms with Crippen LogP contribution < -0.4 is 0 Å². The fourth-order valence-corrected chi connectivity index (χ4v) is 6.76. The van der Waals surface area contributed by atoms with Crippen LogP contribution in [0.15, 0.2) is 55.0 Å². The van der Waals surface area contributed by atoms with Crippen molar-refractivity contribution in [3.8, 4) is 16.3 Å². The van der Waals surface area contributed by atoms with Gasteiger partial charge in [0.2, 0.25) is 0 Å². The average Bonchev–Trinajstić information content (AvgIpc) is 3.85. The summed E-state index contributed by atoms with van der Waals surface area (Å²) in [4.78, 5) is 39.3. The minimum atomic E-state index is -0.400. The number of amides is 1. The molecular formula is C30H30Cl2N8O4S. The summed E-state index contributed by atoms with van der Waals surface area (Å²) < 4.78 is 12.4. The molecular weight excluding hydrogens is 639 g/mol. The molecule has 4 aromatic rings. The van der Waals surface area contributed by atoms with Crippen LogP contribution in [0.3, 0.4) is 0 Å². The van der Waals surface area contributed by atoms with Gasteiger partial charge in [-0.2, -0.15) is 4.68 Å². The Morgan fingerprint density at radius 1 is 1.22 bits per heavy atom. The normalized spacial score (nSPS) is 17.7. The number of nitrogens with zero attached hydrogens (tertiary/aromatic N) is 7. The molecule has 0 spiro atoms. The first-order chi connectivity index (χ1) is 21.8. The SMILES string of the molecule is C=C1CCC(c2nc(-c3ccc(C(=O)OCCN4CCOCC4)s3)c(Cl)[nH]2)N1C(=O)/C=C(\C)c1cc(Cl)ccc1-n1cnnn1. The van der Waals surface area contributed by atoms with E-state index in [1.807, 2.05) is 6.92 Å². The largest absolute Gasteiger partial charge is 0.460 e. The van der Waals surface area contributed by atoms with E-state index in [4.69, 9.17) is 37.7 Å². The van der Waals surface area contributed by atoms with E-state index in [0.717, 1.165) is 13.1 Å². The number of allylic oxidation sites excluding steroid dienone is 2. The van der Waals surface area contributed by atoms with Crippen LogP contribution in [0.2, 0.25) is 10.2 Å². The maximum atomic E-state index is 13.7. The zero-order chi connectivity index (χ0) is 31.5. The van der Waals surface area contributed by atoms with Crippen molar-refractivity contribution < 1.29 is 19.1 Å². The third-order valence-corrected chi connectivity index (χ3v) is 9.27. The average molecular weight is 670 g/mol. The molecule has 0 bridgehead atoms. The number of tetrazole rings is 1. The maximum Gasteiger partial charge on any atom is 0.348 e. The first-order valence-electron chi connectivity index (χ1n) is 14.3. The molecule has 12 nitrogen and oxygen atoms in total. The minimum absolute atomic E-state index is 0.255. The van der Waals surface area contributed by atoms with Crippen molar-refractivity contribution in [3.63, 3.8) is 0 Å². The fourth-order valence-electron chi connectivity index (χ4n) is 5.40. The summed E-state index contributed by atoms with van der Waals surface area (Å²) in [5.41, 5.74) is 3.24. The highest BCUT2D eigenvalue weighted by Crippen LogP contribution is 2.40. The summed E-state index contributed by atoms with van der Waals surface area (Å²) in [6.07, 6.45) is 4.26. The number of aromatic nitrogens is 6. The van der Waals surface area contributed by atoms with Gasteiger partial charge in [-0.05, 0) is 66.1 Å². The Labute approximate surface area is 273 Å². The van der Waals surface area contributed by atoms with Crippen molar-refractivity contribution in [2.45, 2.75) is 25.8 Å². The quantitative estimate of drug-likeness (QED) is 0.189. The van der Waals surface area contributed by atoms with Gasteiger partial charge in [-0.15, -0.1) is 16.4 Å². The van der Waals surface area contributed by atoms with Crippen molar-refractivity contribution in [2.75, 3.05) is 39.5 Å². The first kappa shape index (κ1) is 31.1. The van der Waals surface area contributed by atoms with Crippen LogP contribution in [0.25, 0.3) is 21.8 Å². The van der Waals surface area contributed by atoms with Gasteiger partial charge in [0.1, 0.15) is 34.5 Å². The van der Waals surface area contributed by atoms with Gasteiger partial charge in [-0.3, -0.25) is 9.69 Å². The molecule has 45 heavy (non-hydrogen) atoms. The number of hydrogen-bond acceptors (Lipinski definition) is 10. The van der Waals surface area contributed by atoms with E-state index >= 15 is 0 Å². The molecule has 0 saturated carbocycles. The molecule has 5 heterocycles. The van der Waals surface area contributed by atoms with Crippen molar-refractivity contribution in [3.05, 3.63) is 81.5 Å². The third-order valence-electron chi connectivity index (χ3n) is 7.69. The number of carbonyl (C=O) groups excluding carboxylic acids is 2. The number of hydrogen-bond donors (Lipinski definition) is 1. The number of halogens is 2. The van der Waals surface area contributed by atoms with E-state index in [0.29, 0.717) is 93.2 Å². The molecule has 6 rings (SSSR count). The molecule has 234 valence electrons. The lowest BCUT2D eigenvalue weighted by Gasteiger charge is -2.26. The lowest BCUT2D eigenvalue weighted by molar-refractivity contribution is -0.125. The molecule has 0 aliphatic carbocycles. The van der Waals surface area contributed by atoms with E-state index in [9.17, 15) is 9.59 Å². The van der Waals surface area contributed by atoms with Gasteiger partial charge in [0.05, 0.1) is 29.8 Å². The van der Waals surface area contributed by atoms with E-state index in [1.54, 1.807) is 41.3 Å². The van der Waals surface area contributed by atoms with Gasteiger partial charge >= 0.3 is 5.97 Å². The number of morpholine rings is 1. The lowest BCUT2D eigenvalue weighted by Crippen LogP contribution is -2.38. The third kappa shape index (κ3) is 6.87. The second-order valence-electron chi connectivity index (χ2n) is 10.6. The van der Waals surface area contributed by atoms with Crippen LogP contribution in [0, 0.1) is 0 Å². The smallest absolute Gasteiger partial charge is 0.348 e. The Morgan fingerprint density at radius 2 is 2.04 bits per heavy atom. The van der Waals surface area contributed by atoms with E-state index < -0.39 is 6.04 Å². The predicted molar refractivity (Wildman–Crippen MR) is 170 cm³/mol. The summed E-state index contributed by atoms with van der Waals surface area (Å²) in [6, 6.07) is 8.40. The summed E-state index contributed by atoms with van der Waals surface area (Å²) in [7, 11) is 0. The van der Waals surface area contributed by atoms with E-state index in [1.165, 1.54) is 22.3 Å². The molecule has 3 aromatic heterocycles. The number of likely N-dealkylation sites (tertiary alicyclic amines) is 1. The Morgan fingerprint density at radius 3 is 2.82 bits per heavy atom. The van der Waals surface area contributed by atoms with Crippen LogP contribution in [0.1, 0.15) is 46.9 Å². The highest BCUT2D eigenvalue weighted by molar-refractivity contribution is 7.17. The zero-order valence-corrected chi connectivity index (χ0v) is 26.7. The van der Waals surface area contributed by atoms with E-state index in [-0.39, 0.29) is 11.9 Å². The Kier molecular flexibility index (Phi) is 9.42. The molecule has 2 aliphatic rings. The highest BCUT2D eigenvalue weighted by atomic mass is 35.5. The van der Waals surface area contributed by atoms with E-state index in [2.05, 4.69) is 32.0 Å². The van der Waals surface area contributed by atoms with Crippen molar-refractivity contribution in [2.24, 2.45) is 0 Å². The number of esters is 1. The molecule has 15 heteroatoms. The Bertz CT molecular complexity index is 1750. The Hall–Kier alpha value is -3.88. The number of ether oxygens (including phenoxy) is 2. The molecule has 2 saturated heterocycles. The number of thiophene rings is 1. The second-order valence-corrected chi connectivity index (χ2v) is 12.5. The standard InChI is InChI=1S/C30H30Cl2N8O4S/c1-18(21-16-20(31)4-6-22(21)39-17-33-36-37-39)15-26(41)40-19(2)3-5-23(40)29-34-27(28(32)35-29)24-7-8-25(45-24)30(42)44-14-11-38-9-12-43-13-10-38/h4,6-8,15-17,23H,2-3,5,9-14H2,1H3,(H,34,35)/b18-15+. The van der Waals surface area contributed by atoms with Gasteiger partial charge < -0.3 is 19.4 Å². The summed E-state index contributed by atoms with van der Waals surface area (Å²) >= 11 is 14.2. The molecule has 1 aromatic carbocycles. The number of rotatable bonds is 9. The van der Waals surface area contributed by atoms with Crippen LogP contribution in [-0.2, 0) is 14.3 Å². The number of H-pyrrole nitrogens is 1. The Balaban J connectivity index is 1.17. The summed E-state index contributed by atoms with van der Waals surface area (Å²) in [6.45, 7) is 9.99. The van der Waals surface area contributed by atoms with Gasteiger partial charge in [0.15, 0.2) is 0 Å². The number of nitrogens with one attached hydrogen (secondary N) is 1. The van der Waals surface area contributed by atoms with Crippen LogP contribution in [0.5, 0.6) is 0 Å². The molecule has 1 atom stereocenters. The lowest BCUT2D eigenvalue weighted by atomic mass is 10.0. The van der Waals surface area contributed by atoms with Crippen LogP contribution in [-0.4, -0.2) is 91.3 Å².